The predicted octanol–water partition coefficient (Wildman–Crippen LogP) is 0.872. The third-order valence-electron chi connectivity index (χ3n) is 3.11. The summed E-state index contributed by atoms with van der Waals surface area (Å²) >= 11 is 5.03. The summed E-state index contributed by atoms with van der Waals surface area (Å²) in [5, 5.41) is 2.87. The minimum Gasteiger partial charge on any atom is -0.391 e. The third-order valence-corrected chi connectivity index (χ3v) is 3.48. The first-order valence-electron chi connectivity index (χ1n) is 5.82. The maximum atomic E-state index is 11.8. The maximum Gasteiger partial charge on any atom is 0.317 e. The summed E-state index contributed by atoms with van der Waals surface area (Å²) in [6, 6.07) is 0.111. The molecule has 0 aliphatic carbocycles. The number of nitrogens with two attached hydrogens (primary N) is 1. The summed E-state index contributed by atoms with van der Waals surface area (Å²) in [4.78, 5) is 13.9. The van der Waals surface area contributed by atoms with Crippen LogP contribution in [-0.4, -0.2) is 47.8 Å². The average molecular weight is 259 g/mol. The van der Waals surface area contributed by atoms with Crippen molar-refractivity contribution in [2.45, 2.75) is 38.3 Å². The van der Waals surface area contributed by atoms with Gasteiger partial charge in [-0.15, -0.1) is 0 Å². The van der Waals surface area contributed by atoms with E-state index in [1.165, 1.54) is 0 Å². The van der Waals surface area contributed by atoms with E-state index in [0.717, 1.165) is 0 Å². The van der Waals surface area contributed by atoms with Crippen molar-refractivity contribution in [2.75, 3.05) is 20.2 Å². The fourth-order valence-corrected chi connectivity index (χ4v) is 2.25. The number of rotatable bonds is 3. The Morgan fingerprint density at radius 1 is 1.47 bits per heavy atom. The fraction of sp³-hybridized carbons (Fsp3) is 0.818. The standard InChI is InChI=1S/C11H21N3O2S/c1-8(2)13-10(15)14-6-4-11(16-3,5-7-14)9(12)17/h8H,4-7H2,1-3H3,(H2,12,17)(H,13,15). The molecule has 0 bridgehead atoms. The van der Waals surface area contributed by atoms with E-state index < -0.39 is 5.60 Å². The number of hydrogen-bond donors (Lipinski definition) is 2. The van der Waals surface area contributed by atoms with Gasteiger partial charge in [0.05, 0.1) is 0 Å². The number of piperidine rings is 1. The van der Waals surface area contributed by atoms with Gasteiger partial charge in [0.15, 0.2) is 0 Å². The van der Waals surface area contributed by atoms with Crippen LogP contribution in [0.2, 0.25) is 0 Å². The van der Waals surface area contributed by atoms with Crippen molar-refractivity contribution < 1.29 is 9.53 Å². The van der Waals surface area contributed by atoms with Crippen LogP contribution >= 0.6 is 12.2 Å². The van der Waals surface area contributed by atoms with Crippen molar-refractivity contribution in [3.8, 4) is 0 Å². The number of nitrogens with one attached hydrogen (secondary N) is 1. The number of nitrogens with zero attached hydrogens (tertiary/aromatic N) is 1. The van der Waals surface area contributed by atoms with E-state index in [-0.39, 0.29) is 12.1 Å². The fourth-order valence-electron chi connectivity index (χ4n) is 1.96. The molecule has 1 saturated heterocycles. The summed E-state index contributed by atoms with van der Waals surface area (Å²) in [6.45, 7) is 5.11. The Hall–Kier alpha value is -0.880. The number of ether oxygens (including phenoxy) is 1. The molecule has 0 aromatic carbocycles. The van der Waals surface area contributed by atoms with Crippen molar-refractivity contribution in [1.29, 1.82) is 0 Å². The molecule has 1 aliphatic heterocycles. The van der Waals surface area contributed by atoms with Gasteiger partial charge in [-0.3, -0.25) is 0 Å². The van der Waals surface area contributed by atoms with Gasteiger partial charge in [-0.05, 0) is 13.8 Å². The summed E-state index contributed by atoms with van der Waals surface area (Å²) in [5.41, 5.74) is 5.16. The second kappa shape index (κ2) is 5.64. The second-order valence-electron chi connectivity index (χ2n) is 4.65. The Bertz CT molecular complexity index is 299. The molecular formula is C11H21N3O2S. The van der Waals surface area contributed by atoms with Gasteiger partial charge in [0, 0.05) is 39.1 Å². The molecule has 0 saturated carbocycles. The molecule has 5 nitrogen and oxygen atoms in total. The van der Waals surface area contributed by atoms with Crippen LogP contribution < -0.4 is 11.1 Å². The molecule has 2 amide bonds. The van der Waals surface area contributed by atoms with Crippen LogP contribution in [-0.2, 0) is 4.74 Å². The molecule has 1 aliphatic rings. The molecular weight excluding hydrogens is 238 g/mol. The van der Waals surface area contributed by atoms with Crippen molar-refractivity contribution in [3.05, 3.63) is 0 Å². The van der Waals surface area contributed by atoms with E-state index in [4.69, 9.17) is 22.7 Å². The molecule has 98 valence electrons. The first-order chi connectivity index (χ1) is 7.91. The molecule has 3 N–H and O–H groups in total. The van der Waals surface area contributed by atoms with Gasteiger partial charge in [0.1, 0.15) is 10.6 Å². The van der Waals surface area contributed by atoms with Crippen molar-refractivity contribution in [3.63, 3.8) is 0 Å². The number of urea groups is 1. The van der Waals surface area contributed by atoms with E-state index in [1.807, 2.05) is 13.8 Å². The van der Waals surface area contributed by atoms with Gasteiger partial charge in [0.2, 0.25) is 0 Å². The number of likely N-dealkylation sites (tertiary alicyclic amines) is 1. The van der Waals surface area contributed by atoms with Crippen LogP contribution in [0.4, 0.5) is 4.79 Å². The molecule has 0 aromatic heterocycles. The Kier molecular flexibility index (Phi) is 4.70. The molecule has 1 fully saturated rings. The summed E-state index contributed by atoms with van der Waals surface area (Å²) in [7, 11) is 1.61. The Labute approximate surface area is 108 Å². The number of amides is 2. The Balaban J connectivity index is 2.55. The van der Waals surface area contributed by atoms with Gasteiger partial charge in [0.25, 0.3) is 0 Å². The monoisotopic (exact) mass is 259 g/mol. The zero-order chi connectivity index (χ0) is 13.1. The highest BCUT2D eigenvalue weighted by atomic mass is 32.1. The quantitative estimate of drug-likeness (QED) is 0.738. The first kappa shape index (κ1) is 14.2. The lowest BCUT2D eigenvalue weighted by Gasteiger charge is -2.40. The minimum atomic E-state index is -0.538. The van der Waals surface area contributed by atoms with Crippen molar-refractivity contribution >= 4 is 23.2 Å². The molecule has 1 rings (SSSR count). The van der Waals surface area contributed by atoms with Crippen LogP contribution in [0.5, 0.6) is 0 Å². The lowest BCUT2D eigenvalue weighted by atomic mass is 9.91. The van der Waals surface area contributed by atoms with E-state index in [1.54, 1.807) is 12.0 Å². The number of carbonyl (C=O) groups is 1. The Morgan fingerprint density at radius 3 is 2.35 bits per heavy atom. The highest BCUT2D eigenvalue weighted by Crippen LogP contribution is 2.26. The van der Waals surface area contributed by atoms with Gasteiger partial charge in [-0.2, -0.15) is 0 Å². The third kappa shape index (κ3) is 3.29. The lowest BCUT2D eigenvalue weighted by molar-refractivity contribution is 0.00473. The van der Waals surface area contributed by atoms with E-state index >= 15 is 0 Å². The molecule has 0 spiro atoms. The number of methoxy groups -OCH3 is 1. The van der Waals surface area contributed by atoms with Crippen LogP contribution in [0.3, 0.4) is 0 Å². The number of thiocarbonyl (C=S) groups is 1. The lowest BCUT2D eigenvalue weighted by Crippen LogP contribution is -2.55. The zero-order valence-corrected chi connectivity index (χ0v) is 11.5. The zero-order valence-electron chi connectivity index (χ0n) is 10.7. The average Bonchev–Trinajstić information content (AvgIpc) is 2.28. The smallest absolute Gasteiger partial charge is 0.317 e. The van der Waals surface area contributed by atoms with Crippen LogP contribution in [0.1, 0.15) is 26.7 Å². The summed E-state index contributed by atoms with van der Waals surface area (Å²) < 4.78 is 5.42. The van der Waals surface area contributed by atoms with Crippen LogP contribution in [0.15, 0.2) is 0 Å². The minimum absolute atomic E-state index is 0.0346. The van der Waals surface area contributed by atoms with Gasteiger partial charge >= 0.3 is 6.03 Å². The molecule has 0 radical (unpaired) electrons. The molecule has 0 atom stereocenters. The molecule has 6 heteroatoms. The largest absolute Gasteiger partial charge is 0.391 e. The molecule has 17 heavy (non-hydrogen) atoms. The summed E-state index contributed by atoms with van der Waals surface area (Å²) in [6.07, 6.45) is 1.31. The van der Waals surface area contributed by atoms with Crippen LogP contribution in [0.25, 0.3) is 0 Å². The van der Waals surface area contributed by atoms with E-state index in [0.29, 0.717) is 30.9 Å². The van der Waals surface area contributed by atoms with Gasteiger partial charge < -0.3 is 20.7 Å². The first-order valence-corrected chi connectivity index (χ1v) is 6.22. The molecule has 1 heterocycles. The van der Waals surface area contributed by atoms with E-state index in [2.05, 4.69) is 5.32 Å². The Morgan fingerprint density at radius 2 is 2.00 bits per heavy atom. The second-order valence-corrected chi connectivity index (χ2v) is 5.09. The van der Waals surface area contributed by atoms with Crippen molar-refractivity contribution in [1.82, 2.24) is 10.2 Å². The molecule has 0 aromatic rings. The predicted molar refractivity (Wildman–Crippen MR) is 71.0 cm³/mol. The van der Waals surface area contributed by atoms with E-state index in [9.17, 15) is 4.79 Å². The SMILES string of the molecule is COC1(C(N)=S)CCN(C(=O)NC(C)C)CC1. The number of carbonyl (C=O) groups excluding carboxylic acids is 1. The topological polar surface area (TPSA) is 67.6 Å². The highest BCUT2D eigenvalue weighted by Gasteiger charge is 2.38. The normalized spacial score (nSPS) is 19.2. The van der Waals surface area contributed by atoms with Crippen LogP contribution in [0, 0.1) is 0 Å². The number of hydrogen-bond acceptors (Lipinski definition) is 3. The molecule has 0 unspecified atom stereocenters. The van der Waals surface area contributed by atoms with Gasteiger partial charge in [-0.1, -0.05) is 12.2 Å². The highest BCUT2D eigenvalue weighted by molar-refractivity contribution is 7.80. The summed E-state index contributed by atoms with van der Waals surface area (Å²) in [5.74, 6) is 0. The van der Waals surface area contributed by atoms with Gasteiger partial charge in [-0.25, -0.2) is 4.79 Å². The van der Waals surface area contributed by atoms with Crippen molar-refractivity contribution in [2.24, 2.45) is 5.73 Å². The maximum absolute atomic E-state index is 11.8.